The molecule has 1 saturated carbocycles. The number of allylic oxidation sites excluding steroid dienone is 2. The number of terminal acetylenes is 1. The van der Waals surface area contributed by atoms with Crippen molar-refractivity contribution in [1.82, 2.24) is 20.3 Å². The molecule has 7 heteroatoms. The zero-order valence-electron chi connectivity index (χ0n) is 14.0. The van der Waals surface area contributed by atoms with Gasteiger partial charge in [0.05, 0.1) is 10.6 Å². The first kappa shape index (κ1) is 16.7. The molecule has 0 bridgehead atoms. The lowest BCUT2D eigenvalue weighted by Gasteiger charge is -2.23. The van der Waals surface area contributed by atoms with Gasteiger partial charge in [-0.15, -0.1) is 6.42 Å². The van der Waals surface area contributed by atoms with Crippen LogP contribution in [-0.2, 0) is 0 Å². The Morgan fingerprint density at radius 1 is 1.25 bits per heavy atom. The highest BCUT2D eigenvalue weighted by Gasteiger charge is 2.19. The summed E-state index contributed by atoms with van der Waals surface area (Å²) in [6, 6.07) is 0.420. The van der Waals surface area contributed by atoms with Gasteiger partial charge in [-0.05, 0) is 25.2 Å². The summed E-state index contributed by atoms with van der Waals surface area (Å²) >= 11 is 1.56. The molecule has 1 aromatic rings. The number of aromatic nitrogens is 3. The zero-order valence-corrected chi connectivity index (χ0v) is 14.8. The minimum atomic E-state index is 0.420. The van der Waals surface area contributed by atoms with Crippen LogP contribution in [0.4, 0.5) is 11.9 Å². The Kier molecular flexibility index (Phi) is 5.26. The topological polar surface area (TPSA) is 74.8 Å². The third-order valence-corrected chi connectivity index (χ3v) is 5.07. The molecule has 6 nitrogen and oxygen atoms in total. The lowest BCUT2D eigenvalue weighted by atomic mass is 9.96. The Hall–Kier alpha value is -2.20. The molecule has 0 radical (unpaired) electrons. The summed E-state index contributed by atoms with van der Waals surface area (Å²) < 4.78 is 0. The number of nitrogens with zero attached hydrogens (tertiary/aromatic N) is 3. The van der Waals surface area contributed by atoms with Gasteiger partial charge in [-0.1, -0.05) is 36.9 Å². The molecule has 0 atom stereocenters. The predicted molar refractivity (Wildman–Crippen MR) is 100 cm³/mol. The van der Waals surface area contributed by atoms with E-state index in [2.05, 4.69) is 36.8 Å². The van der Waals surface area contributed by atoms with Crippen LogP contribution in [0.2, 0.25) is 0 Å². The van der Waals surface area contributed by atoms with E-state index in [1.165, 1.54) is 19.3 Å². The molecule has 2 aliphatic rings. The monoisotopic (exact) mass is 342 g/mol. The average Bonchev–Trinajstić information content (AvgIpc) is 3.02. The number of nitrogens with one attached hydrogen (secondary N) is 3. The van der Waals surface area contributed by atoms with Crippen LogP contribution in [-0.4, -0.2) is 28.0 Å². The van der Waals surface area contributed by atoms with Crippen molar-refractivity contribution >= 4 is 29.2 Å². The Bertz CT molecular complexity index is 712. The maximum atomic E-state index is 5.73. The molecule has 126 valence electrons. The van der Waals surface area contributed by atoms with Crippen molar-refractivity contribution in [2.75, 3.05) is 17.7 Å². The van der Waals surface area contributed by atoms with Gasteiger partial charge in [0.2, 0.25) is 11.9 Å². The summed E-state index contributed by atoms with van der Waals surface area (Å²) in [6.45, 7) is 2.00. The van der Waals surface area contributed by atoms with Crippen molar-refractivity contribution in [3.05, 3.63) is 22.0 Å². The fourth-order valence-electron chi connectivity index (χ4n) is 2.83. The van der Waals surface area contributed by atoms with E-state index in [-0.39, 0.29) is 0 Å². The van der Waals surface area contributed by atoms with Gasteiger partial charge in [0, 0.05) is 18.8 Å². The Labute approximate surface area is 147 Å². The lowest BCUT2D eigenvalue weighted by Crippen LogP contribution is -2.24. The van der Waals surface area contributed by atoms with E-state index in [1.807, 2.05) is 12.3 Å². The van der Waals surface area contributed by atoms with Crippen LogP contribution in [0.25, 0.3) is 5.57 Å². The molecule has 1 fully saturated rings. The second-order valence-electron chi connectivity index (χ2n) is 5.93. The number of hydrogen-bond acceptors (Lipinski definition) is 7. The molecule has 2 heterocycles. The van der Waals surface area contributed by atoms with Crippen molar-refractivity contribution in [2.45, 2.75) is 45.1 Å². The number of anilines is 2. The standard InChI is InChI=1S/C17H22N6S/c1-4-13(15-19-11(2)10-24-15)14-21-16(18-3)23-17(22-14)20-12-8-6-5-7-9-12/h1,10,12,19H,5-9H2,2-3H3,(H2,18,20,21,22,23)/b15-13-. The van der Waals surface area contributed by atoms with Crippen LogP contribution in [0.5, 0.6) is 0 Å². The summed E-state index contributed by atoms with van der Waals surface area (Å²) in [5.74, 6) is 4.32. The number of rotatable bonds is 4. The van der Waals surface area contributed by atoms with E-state index in [0.717, 1.165) is 23.6 Å². The highest BCUT2D eigenvalue weighted by Crippen LogP contribution is 2.30. The molecule has 1 aliphatic carbocycles. The molecular formula is C17H22N6S. The molecule has 0 amide bonds. The summed E-state index contributed by atoms with van der Waals surface area (Å²) in [5.41, 5.74) is 1.71. The molecule has 0 spiro atoms. The van der Waals surface area contributed by atoms with Crippen LogP contribution in [0, 0.1) is 12.3 Å². The van der Waals surface area contributed by atoms with Gasteiger partial charge >= 0.3 is 0 Å². The number of hydrogen-bond donors (Lipinski definition) is 3. The molecule has 24 heavy (non-hydrogen) atoms. The van der Waals surface area contributed by atoms with E-state index < -0.39 is 0 Å². The third kappa shape index (κ3) is 3.82. The summed E-state index contributed by atoms with van der Waals surface area (Å²) in [6.07, 6.45) is 11.8. The van der Waals surface area contributed by atoms with Gasteiger partial charge in [-0.2, -0.15) is 15.0 Å². The van der Waals surface area contributed by atoms with Gasteiger partial charge in [0.25, 0.3) is 0 Å². The van der Waals surface area contributed by atoms with Crippen LogP contribution in [0.1, 0.15) is 44.9 Å². The van der Waals surface area contributed by atoms with E-state index in [9.17, 15) is 0 Å². The van der Waals surface area contributed by atoms with Crippen LogP contribution < -0.4 is 16.0 Å². The fraction of sp³-hybridized carbons (Fsp3) is 0.471. The molecule has 1 aliphatic heterocycles. The minimum absolute atomic E-state index is 0.420. The van der Waals surface area contributed by atoms with Crippen molar-refractivity contribution in [3.63, 3.8) is 0 Å². The van der Waals surface area contributed by atoms with E-state index in [4.69, 9.17) is 6.42 Å². The van der Waals surface area contributed by atoms with Crippen molar-refractivity contribution in [3.8, 4) is 12.3 Å². The first-order valence-corrected chi connectivity index (χ1v) is 9.09. The van der Waals surface area contributed by atoms with Crippen LogP contribution in [0.15, 0.2) is 16.1 Å². The largest absolute Gasteiger partial charge is 0.357 e. The summed E-state index contributed by atoms with van der Waals surface area (Å²) in [4.78, 5) is 13.4. The van der Waals surface area contributed by atoms with Crippen LogP contribution >= 0.6 is 11.8 Å². The minimum Gasteiger partial charge on any atom is -0.357 e. The average molecular weight is 342 g/mol. The van der Waals surface area contributed by atoms with Crippen LogP contribution in [0.3, 0.4) is 0 Å². The first-order valence-electron chi connectivity index (χ1n) is 8.21. The van der Waals surface area contributed by atoms with Gasteiger partial charge in [-0.25, -0.2) is 0 Å². The zero-order chi connectivity index (χ0) is 16.9. The Balaban J connectivity index is 1.90. The summed E-state index contributed by atoms with van der Waals surface area (Å²) in [5, 5.41) is 12.6. The van der Waals surface area contributed by atoms with Gasteiger partial charge in [-0.3, -0.25) is 0 Å². The molecule has 3 rings (SSSR count). The van der Waals surface area contributed by atoms with E-state index >= 15 is 0 Å². The maximum Gasteiger partial charge on any atom is 0.228 e. The molecule has 3 N–H and O–H groups in total. The van der Waals surface area contributed by atoms with Gasteiger partial charge < -0.3 is 16.0 Å². The van der Waals surface area contributed by atoms with Crippen molar-refractivity contribution in [2.24, 2.45) is 0 Å². The Morgan fingerprint density at radius 2 is 2.00 bits per heavy atom. The van der Waals surface area contributed by atoms with E-state index in [0.29, 0.717) is 29.3 Å². The molecule has 1 aromatic heterocycles. The molecule has 0 unspecified atom stereocenters. The fourth-order valence-corrected chi connectivity index (χ4v) is 3.67. The molecule has 0 aromatic carbocycles. The SMILES string of the molecule is C#C/C(=C1\NC(C)=CS1)c1nc(NC)nc(NC2CCCCC2)n1. The van der Waals surface area contributed by atoms with E-state index in [1.54, 1.807) is 18.8 Å². The predicted octanol–water partition coefficient (Wildman–Crippen LogP) is 3.16. The second-order valence-corrected chi connectivity index (χ2v) is 6.81. The second kappa shape index (κ2) is 7.58. The Morgan fingerprint density at radius 3 is 2.62 bits per heavy atom. The molecule has 0 saturated heterocycles. The highest BCUT2D eigenvalue weighted by molar-refractivity contribution is 8.06. The van der Waals surface area contributed by atoms with Crippen molar-refractivity contribution < 1.29 is 0 Å². The number of thioether (sulfide) groups is 1. The van der Waals surface area contributed by atoms with Crippen molar-refractivity contribution in [1.29, 1.82) is 0 Å². The van der Waals surface area contributed by atoms with Gasteiger partial charge in [0.1, 0.15) is 0 Å². The smallest absolute Gasteiger partial charge is 0.228 e. The normalized spacial score (nSPS) is 20.0. The van der Waals surface area contributed by atoms with Gasteiger partial charge in [0.15, 0.2) is 5.82 Å². The third-order valence-electron chi connectivity index (χ3n) is 4.06. The highest BCUT2D eigenvalue weighted by atomic mass is 32.2. The molecular weight excluding hydrogens is 320 g/mol. The maximum absolute atomic E-state index is 5.73. The first-order chi connectivity index (χ1) is 11.7. The quantitative estimate of drug-likeness (QED) is 0.726. The summed E-state index contributed by atoms with van der Waals surface area (Å²) in [7, 11) is 1.79. The lowest BCUT2D eigenvalue weighted by molar-refractivity contribution is 0.460.